The van der Waals surface area contributed by atoms with Crippen LogP contribution < -0.4 is 5.32 Å². The number of nitrogens with zero attached hydrogens (tertiary/aromatic N) is 1. The number of anilines is 1. The van der Waals surface area contributed by atoms with Crippen molar-refractivity contribution in [3.05, 3.63) is 23.4 Å². The van der Waals surface area contributed by atoms with E-state index in [2.05, 4.69) is 17.2 Å². The van der Waals surface area contributed by atoms with Crippen molar-refractivity contribution in [2.24, 2.45) is 23.2 Å². The van der Waals surface area contributed by atoms with E-state index in [0.717, 1.165) is 23.6 Å². The zero-order valence-electron chi connectivity index (χ0n) is 12.1. The number of hydrogen-bond donors (Lipinski definition) is 1. The van der Waals surface area contributed by atoms with Crippen molar-refractivity contribution >= 4 is 17.4 Å². The summed E-state index contributed by atoms with van der Waals surface area (Å²) in [6, 6.07) is 6.34. The van der Waals surface area contributed by atoms with Gasteiger partial charge in [0.2, 0.25) is 0 Å². The number of rotatable bonds is 3. The van der Waals surface area contributed by atoms with E-state index in [-0.39, 0.29) is 0 Å². The fourth-order valence-electron chi connectivity index (χ4n) is 5.57. The lowest BCUT2D eigenvalue weighted by atomic mass is 9.48. The van der Waals surface area contributed by atoms with E-state index in [1.165, 1.54) is 38.5 Å². The summed E-state index contributed by atoms with van der Waals surface area (Å²) < 4.78 is 0. The number of aromatic nitrogens is 1. The summed E-state index contributed by atoms with van der Waals surface area (Å²) in [4.78, 5) is 4.40. The van der Waals surface area contributed by atoms with Crippen LogP contribution in [0.2, 0.25) is 5.15 Å². The molecule has 4 saturated carbocycles. The van der Waals surface area contributed by atoms with E-state index < -0.39 is 0 Å². The lowest BCUT2D eigenvalue weighted by molar-refractivity contribution is -0.0603. The second-order valence-corrected chi connectivity index (χ2v) is 7.88. The van der Waals surface area contributed by atoms with Gasteiger partial charge in [0.1, 0.15) is 11.0 Å². The summed E-state index contributed by atoms with van der Waals surface area (Å²) in [5.41, 5.74) is 0.513. The summed E-state index contributed by atoms with van der Waals surface area (Å²) in [6.07, 6.45) is 8.78. The van der Waals surface area contributed by atoms with Gasteiger partial charge in [0, 0.05) is 6.04 Å². The third kappa shape index (κ3) is 2.13. The standard InChI is InChI=1S/C17H23ClN2/c1-11(19-16-4-2-3-15(18)20-16)17-8-12-5-13(9-17)7-14(6-12)10-17/h2-4,11-14H,5-10H2,1H3,(H,19,20). The lowest BCUT2D eigenvalue weighted by Gasteiger charge is -2.59. The maximum absolute atomic E-state index is 6.00. The van der Waals surface area contributed by atoms with E-state index in [4.69, 9.17) is 11.6 Å². The zero-order chi connectivity index (χ0) is 13.7. The Labute approximate surface area is 126 Å². The minimum Gasteiger partial charge on any atom is -0.367 e. The van der Waals surface area contributed by atoms with Gasteiger partial charge < -0.3 is 5.32 Å². The molecule has 0 aromatic carbocycles. The SMILES string of the molecule is CC(Nc1cccc(Cl)n1)C12CC3CC(CC(C3)C1)C2. The zero-order valence-corrected chi connectivity index (χ0v) is 12.9. The molecule has 5 rings (SSSR count). The first-order valence-electron chi connectivity index (χ1n) is 8.02. The highest BCUT2D eigenvalue weighted by Gasteiger charge is 2.53. The van der Waals surface area contributed by atoms with Crippen LogP contribution in [-0.2, 0) is 0 Å². The summed E-state index contributed by atoms with van der Waals surface area (Å²) in [6.45, 7) is 2.36. The smallest absolute Gasteiger partial charge is 0.131 e. The van der Waals surface area contributed by atoms with E-state index in [9.17, 15) is 0 Å². The molecule has 4 aliphatic carbocycles. The molecular weight excluding hydrogens is 268 g/mol. The number of hydrogen-bond acceptors (Lipinski definition) is 2. The third-order valence-corrected chi connectivity index (χ3v) is 6.29. The van der Waals surface area contributed by atoms with Crippen LogP contribution in [0, 0.1) is 23.2 Å². The summed E-state index contributed by atoms with van der Waals surface area (Å²) in [7, 11) is 0. The average molecular weight is 291 g/mol. The minimum absolute atomic E-state index is 0.502. The van der Waals surface area contributed by atoms with E-state index in [0.29, 0.717) is 16.6 Å². The summed E-state index contributed by atoms with van der Waals surface area (Å²) in [5.74, 6) is 3.93. The first kappa shape index (κ1) is 12.9. The normalized spacial score (nSPS) is 39.8. The van der Waals surface area contributed by atoms with Gasteiger partial charge in [-0.1, -0.05) is 17.7 Å². The maximum Gasteiger partial charge on any atom is 0.131 e. The molecule has 3 heteroatoms. The predicted molar refractivity (Wildman–Crippen MR) is 82.9 cm³/mol. The van der Waals surface area contributed by atoms with Crippen LogP contribution in [0.5, 0.6) is 0 Å². The molecule has 20 heavy (non-hydrogen) atoms. The van der Waals surface area contributed by atoms with Crippen molar-refractivity contribution in [2.45, 2.75) is 51.5 Å². The molecule has 4 aliphatic rings. The molecule has 108 valence electrons. The monoisotopic (exact) mass is 290 g/mol. The molecule has 0 aliphatic heterocycles. The Morgan fingerprint density at radius 3 is 2.30 bits per heavy atom. The van der Waals surface area contributed by atoms with Gasteiger partial charge in [-0.3, -0.25) is 0 Å². The van der Waals surface area contributed by atoms with Crippen LogP contribution in [0.4, 0.5) is 5.82 Å². The highest BCUT2D eigenvalue weighted by molar-refractivity contribution is 6.29. The molecule has 1 aromatic heterocycles. The van der Waals surface area contributed by atoms with Crippen molar-refractivity contribution in [1.29, 1.82) is 0 Å². The van der Waals surface area contributed by atoms with Gasteiger partial charge in [-0.05, 0) is 80.8 Å². The van der Waals surface area contributed by atoms with Gasteiger partial charge >= 0.3 is 0 Å². The van der Waals surface area contributed by atoms with Crippen molar-refractivity contribution < 1.29 is 0 Å². The van der Waals surface area contributed by atoms with Gasteiger partial charge in [0.15, 0.2) is 0 Å². The molecule has 2 nitrogen and oxygen atoms in total. The number of pyridine rings is 1. The van der Waals surface area contributed by atoms with Crippen molar-refractivity contribution in [3.8, 4) is 0 Å². The molecule has 1 unspecified atom stereocenters. The van der Waals surface area contributed by atoms with E-state index in [1.807, 2.05) is 18.2 Å². The quantitative estimate of drug-likeness (QED) is 0.813. The van der Waals surface area contributed by atoms with Crippen molar-refractivity contribution in [2.75, 3.05) is 5.32 Å². The van der Waals surface area contributed by atoms with Crippen LogP contribution in [0.15, 0.2) is 18.2 Å². The van der Waals surface area contributed by atoms with Crippen molar-refractivity contribution in [3.63, 3.8) is 0 Å². The van der Waals surface area contributed by atoms with Crippen molar-refractivity contribution in [1.82, 2.24) is 4.98 Å². The van der Waals surface area contributed by atoms with Crippen LogP contribution in [0.1, 0.15) is 45.4 Å². The van der Waals surface area contributed by atoms with E-state index in [1.54, 1.807) is 0 Å². The Hall–Kier alpha value is -0.760. The first-order valence-corrected chi connectivity index (χ1v) is 8.40. The van der Waals surface area contributed by atoms with Gasteiger partial charge in [0.05, 0.1) is 0 Å². The Morgan fingerprint density at radius 2 is 1.75 bits per heavy atom. The van der Waals surface area contributed by atoms with Crippen LogP contribution in [0.3, 0.4) is 0 Å². The molecule has 1 atom stereocenters. The van der Waals surface area contributed by atoms with Gasteiger partial charge in [-0.2, -0.15) is 0 Å². The van der Waals surface area contributed by atoms with Gasteiger partial charge in [-0.15, -0.1) is 0 Å². The molecule has 1 N–H and O–H groups in total. The third-order valence-electron chi connectivity index (χ3n) is 6.08. The van der Waals surface area contributed by atoms with E-state index >= 15 is 0 Å². The summed E-state index contributed by atoms with van der Waals surface area (Å²) >= 11 is 6.00. The fraction of sp³-hybridized carbons (Fsp3) is 0.706. The number of halogens is 1. The fourth-order valence-corrected chi connectivity index (χ4v) is 5.74. The first-order chi connectivity index (χ1) is 9.63. The van der Waals surface area contributed by atoms with Crippen LogP contribution in [-0.4, -0.2) is 11.0 Å². The highest BCUT2D eigenvalue weighted by atomic mass is 35.5. The predicted octanol–water partition coefficient (Wildman–Crippen LogP) is 4.75. The minimum atomic E-state index is 0.502. The summed E-state index contributed by atoms with van der Waals surface area (Å²) in [5, 5.41) is 4.22. The molecule has 0 spiro atoms. The maximum atomic E-state index is 6.00. The molecular formula is C17H23ClN2. The topological polar surface area (TPSA) is 24.9 Å². The Bertz CT molecular complexity index is 478. The Balaban J connectivity index is 1.54. The average Bonchev–Trinajstić information content (AvgIpc) is 2.37. The molecule has 0 saturated heterocycles. The van der Waals surface area contributed by atoms with Gasteiger partial charge in [-0.25, -0.2) is 4.98 Å². The Kier molecular flexibility index (Phi) is 2.99. The molecule has 4 fully saturated rings. The van der Waals surface area contributed by atoms with Gasteiger partial charge in [0.25, 0.3) is 0 Å². The lowest BCUT2D eigenvalue weighted by Crippen LogP contribution is -2.52. The molecule has 4 bridgehead atoms. The van der Waals surface area contributed by atoms with Crippen LogP contribution in [0.25, 0.3) is 0 Å². The largest absolute Gasteiger partial charge is 0.367 e. The Morgan fingerprint density at radius 1 is 1.15 bits per heavy atom. The molecule has 1 heterocycles. The second kappa shape index (κ2) is 4.62. The van der Waals surface area contributed by atoms with Crippen LogP contribution >= 0.6 is 11.6 Å². The molecule has 0 radical (unpaired) electrons. The number of nitrogens with one attached hydrogen (secondary N) is 1. The molecule has 0 amide bonds. The second-order valence-electron chi connectivity index (χ2n) is 7.49. The molecule has 1 aromatic rings. The highest BCUT2D eigenvalue weighted by Crippen LogP contribution is 2.61.